The Bertz CT molecular complexity index is 202. The van der Waals surface area contributed by atoms with Crippen molar-refractivity contribution in [3.8, 4) is 0 Å². The molecular weight excluding hydrogens is 246 g/mol. The zero-order valence-electron chi connectivity index (χ0n) is 8.83. The maximum atomic E-state index is 10.7. The van der Waals surface area contributed by atoms with E-state index >= 15 is 0 Å². The van der Waals surface area contributed by atoms with Crippen LogP contribution in [-0.2, 0) is 9.53 Å². The third kappa shape index (κ3) is 8.01. The van der Waals surface area contributed by atoms with E-state index in [4.69, 9.17) is 4.74 Å². The van der Waals surface area contributed by atoms with Gasteiger partial charge in [-0.3, -0.25) is 0 Å². The molecule has 0 aromatic heterocycles. The minimum Gasteiger partial charge on any atom is -1.00 e. The van der Waals surface area contributed by atoms with Crippen molar-refractivity contribution in [2.45, 2.75) is 0 Å². The molecule has 0 heterocycles. The molecule has 0 aromatic carbocycles. The lowest BCUT2D eigenvalue weighted by Gasteiger charge is -2.27. The number of carbonyl (C=O) groups is 1. The molecule has 0 spiro atoms. The van der Waals surface area contributed by atoms with E-state index in [1.54, 1.807) is 0 Å². The van der Waals surface area contributed by atoms with Crippen LogP contribution < -0.4 is 17.0 Å². The highest BCUT2D eigenvalue weighted by atomic mass is 79.9. The summed E-state index contributed by atoms with van der Waals surface area (Å²) in [5.41, 5.74) is 0. The number of halogens is 1. The first-order valence-electron chi connectivity index (χ1n) is 4.24. The minimum atomic E-state index is -0.362. The van der Waals surface area contributed by atoms with E-state index in [1.165, 1.54) is 6.08 Å². The largest absolute Gasteiger partial charge is 1.00 e. The van der Waals surface area contributed by atoms with Crippen molar-refractivity contribution in [1.29, 1.82) is 0 Å². The Labute approximate surface area is 96.4 Å². The number of hydrogen-bond acceptors (Lipinski definition) is 2. The van der Waals surface area contributed by atoms with Crippen molar-refractivity contribution in [2.24, 2.45) is 0 Å². The maximum absolute atomic E-state index is 10.7. The molecule has 0 aliphatic rings. The fourth-order valence-electron chi connectivity index (χ4n) is 0.893. The van der Waals surface area contributed by atoms with E-state index in [0.717, 1.165) is 17.6 Å². The summed E-state index contributed by atoms with van der Waals surface area (Å²) in [6, 6.07) is 0. The lowest BCUT2D eigenvalue weighted by Crippen LogP contribution is -3.00. The molecule has 0 saturated heterocycles. The zero-order chi connectivity index (χ0) is 10.3. The van der Waals surface area contributed by atoms with Gasteiger partial charge in [-0.1, -0.05) is 13.2 Å². The summed E-state index contributed by atoms with van der Waals surface area (Å²) in [5, 5.41) is 0. The fourth-order valence-corrected chi connectivity index (χ4v) is 0.893. The molecule has 4 heteroatoms. The number of rotatable bonds is 6. The van der Waals surface area contributed by atoms with E-state index < -0.39 is 0 Å². The normalized spacial score (nSPS) is 9.86. The summed E-state index contributed by atoms with van der Waals surface area (Å²) in [6.07, 6.45) is 3.03. The van der Waals surface area contributed by atoms with Crippen LogP contribution in [-0.4, -0.2) is 44.2 Å². The van der Waals surface area contributed by atoms with Gasteiger partial charge in [0, 0.05) is 6.08 Å². The minimum absolute atomic E-state index is 0. The van der Waals surface area contributed by atoms with Crippen LogP contribution in [0.15, 0.2) is 25.3 Å². The number of quaternary nitrogens is 1. The van der Waals surface area contributed by atoms with Gasteiger partial charge in [0.15, 0.2) is 0 Å². The van der Waals surface area contributed by atoms with E-state index in [1.807, 2.05) is 6.08 Å². The average Bonchev–Trinajstić information content (AvgIpc) is 2.03. The standard InChI is InChI=1S/C10H18NO2.BrH/c1-5-7-11(3,4)8-9-13-10(12)6-2;/h5-6H,1-2,7-9H2,3-4H3;1H/q+1;/p-1. The van der Waals surface area contributed by atoms with Gasteiger partial charge in [-0.2, -0.15) is 0 Å². The van der Waals surface area contributed by atoms with Gasteiger partial charge in [-0.05, 0) is 6.08 Å². The molecule has 0 atom stereocenters. The van der Waals surface area contributed by atoms with Crippen LogP contribution in [0.1, 0.15) is 0 Å². The highest BCUT2D eigenvalue weighted by molar-refractivity contribution is 5.81. The van der Waals surface area contributed by atoms with Crippen molar-refractivity contribution in [2.75, 3.05) is 33.8 Å². The number of likely N-dealkylation sites (N-methyl/N-ethyl adjacent to an activating group) is 1. The van der Waals surface area contributed by atoms with Crippen LogP contribution in [0.5, 0.6) is 0 Å². The predicted molar refractivity (Wildman–Crippen MR) is 53.2 cm³/mol. The average molecular weight is 264 g/mol. The summed E-state index contributed by atoms with van der Waals surface area (Å²) in [4.78, 5) is 10.7. The summed E-state index contributed by atoms with van der Waals surface area (Å²) in [7, 11) is 4.12. The molecule has 14 heavy (non-hydrogen) atoms. The van der Waals surface area contributed by atoms with E-state index in [2.05, 4.69) is 27.3 Å². The second-order valence-corrected chi connectivity index (χ2v) is 3.50. The molecule has 0 fully saturated rings. The lowest BCUT2D eigenvalue weighted by molar-refractivity contribution is -0.884. The molecular formula is C10H18BrNO2. The van der Waals surface area contributed by atoms with Crippen molar-refractivity contribution < 1.29 is 31.0 Å². The smallest absolute Gasteiger partial charge is 0.330 e. The molecule has 0 amide bonds. The molecule has 0 aliphatic heterocycles. The predicted octanol–water partition coefficient (Wildman–Crippen LogP) is -2.02. The Balaban J connectivity index is 0. The molecule has 82 valence electrons. The zero-order valence-corrected chi connectivity index (χ0v) is 10.4. The molecule has 0 aliphatic carbocycles. The van der Waals surface area contributed by atoms with Crippen LogP contribution >= 0.6 is 0 Å². The van der Waals surface area contributed by atoms with Crippen LogP contribution in [0, 0.1) is 0 Å². The first-order chi connectivity index (χ1) is 6.02. The number of ether oxygens (including phenoxy) is 1. The molecule has 0 rings (SSSR count). The molecule has 0 unspecified atom stereocenters. The Morgan fingerprint density at radius 2 is 2.00 bits per heavy atom. The topological polar surface area (TPSA) is 26.3 Å². The van der Waals surface area contributed by atoms with Crippen molar-refractivity contribution in [1.82, 2.24) is 0 Å². The van der Waals surface area contributed by atoms with Gasteiger partial charge in [0.2, 0.25) is 0 Å². The van der Waals surface area contributed by atoms with E-state index in [9.17, 15) is 4.79 Å². The van der Waals surface area contributed by atoms with Gasteiger partial charge in [0.05, 0.1) is 20.6 Å². The van der Waals surface area contributed by atoms with Gasteiger partial charge >= 0.3 is 5.97 Å². The summed E-state index contributed by atoms with van der Waals surface area (Å²) in [5.74, 6) is -0.362. The summed E-state index contributed by atoms with van der Waals surface area (Å²) in [6.45, 7) is 9.05. The number of nitrogens with zero attached hydrogens (tertiary/aromatic N) is 1. The molecule has 0 aromatic rings. The van der Waals surface area contributed by atoms with Crippen LogP contribution in [0.2, 0.25) is 0 Å². The molecule has 0 saturated carbocycles. The summed E-state index contributed by atoms with van der Waals surface area (Å²) >= 11 is 0. The van der Waals surface area contributed by atoms with Gasteiger partial charge in [-0.15, -0.1) is 0 Å². The number of carbonyl (C=O) groups excluding carboxylic acids is 1. The van der Waals surface area contributed by atoms with Crippen LogP contribution in [0.3, 0.4) is 0 Å². The van der Waals surface area contributed by atoms with Crippen molar-refractivity contribution >= 4 is 5.97 Å². The molecule has 0 N–H and O–H groups in total. The first kappa shape index (κ1) is 15.8. The third-order valence-electron chi connectivity index (χ3n) is 1.73. The van der Waals surface area contributed by atoms with Crippen molar-refractivity contribution in [3.05, 3.63) is 25.3 Å². The highest BCUT2D eigenvalue weighted by Gasteiger charge is 2.12. The van der Waals surface area contributed by atoms with Gasteiger partial charge < -0.3 is 26.2 Å². The first-order valence-corrected chi connectivity index (χ1v) is 4.24. The Kier molecular flexibility index (Phi) is 8.79. The van der Waals surface area contributed by atoms with Crippen molar-refractivity contribution in [3.63, 3.8) is 0 Å². The molecule has 0 radical (unpaired) electrons. The second-order valence-electron chi connectivity index (χ2n) is 3.50. The van der Waals surface area contributed by atoms with E-state index in [-0.39, 0.29) is 23.0 Å². The Morgan fingerprint density at radius 1 is 1.43 bits per heavy atom. The second kappa shape index (κ2) is 7.76. The fraction of sp³-hybridized carbons (Fsp3) is 0.500. The summed E-state index contributed by atoms with van der Waals surface area (Å²) < 4.78 is 5.64. The van der Waals surface area contributed by atoms with Gasteiger partial charge in [0.1, 0.15) is 13.2 Å². The highest BCUT2D eigenvalue weighted by Crippen LogP contribution is 1.96. The molecule has 0 bridgehead atoms. The van der Waals surface area contributed by atoms with Gasteiger partial charge in [0.25, 0.3) is 0 Å². The number of hydrogen-bond donors (Lipinski definition) is 0. The number of esters is 1. The maximum Gasteiger partial charge on any atom is 0.330 e. The lowest BCUT2D eigenvalue weighted by atomic mass is 10.4. The molecule has 3 nitrogen and oxygen atoms in total. The van der Waals surface area contributed by atoms with Crippen LogP contribution in [0.4, 0.5) is 0 Å². The monoisotopic (exact) mass is 263 g/mol. The quantitative estimate of drug-likeness (QED) is 0.240. The Morgan fingerprint density at radius 3 is 2.43 bits per heavy atom. The Hall–Kier alpha value is -0.610. The van der Waals surface area contributed by atoms with Gasteiger partial charge in [-0.25, -0.2) is 4.79 Å². The van der Waals surface area contributed by atoms with E-state index in [0.29, 0.717) is 6.61 Å². The SMILES string of the molecule is C=CC[N+](C)(C)CCOC(=O)C=C.[Br-]. The third-order valence-corrected chi connectivity index (χ3v) is 1.73. The van der Waals surface area contributed by atoms with Crippen LogP contribution in [0.25, 0.3) is 0 Å².